The molecule has 0 amide bonds. The lowest BCUT2D eigenvalue weighted by molar-refractivity contribution is 0.0601. The predicted molar refractivity (Wildman–Crippen MR) is 62.7 cm³/mol. The molecule has 6 nitrogen and oxygen atoms in total. The number of carbonyl (C=O) groups is 1. The maximum absolute atomic E-state index is 13.7. The summed E-state index contributed by atoms with van der Waals surface area (Å²) in [6.07, 6.45) is 1.30. The molecule has 0 aliphatic rings. The van der Waals surface area contributed by atoms with E-state index in [1.54, 1.807) is 0 Å². The van der Waals surface area contributed by atoms with Gasteiger partial charge >= 0.3 is 5.97 Å². The van der Waals surface area contributed by atoms with Crippen molar-refractivity contribution in [3.63, 3.8) is 0 Å². The maximum atomic E-state index is 13.7. The minimum atomic E-state index is -0.619. The summed E-state index contributed by atoms with van der Waals surface area (Å²) < 4.78 is 18.2. The summed E-state index contributed by atoms with van der Waals surface area (Å²) in [5.41, 5.74) is 5.70. The van der Waals surface area contributed by atoms with E-state index in [-0.39, 0.29) is 16.1 Å². The van der Waals surface area contributed by atoms with E-state index in [9.17, 15) is 9.18 Å². The van der Waals surface area contributed by atoms with Crippen molar-refractivity contribution >= 4 is 23.4 Å². The summed E-state index contributed by atoms with van der Waals surface area (Å²) >= 11 is 1.00. The lowest BCUT2D eigenvalue weighted by Crippen LogP contribution is -2.06. The minimum absolute atomic E-state index is 0.0290. The second kappa shape index (κ2) is 5.05. The Morgan fingerprint density at radius 3 is 2.94 bits per heavy atom. The minimum Gasteiger partial charge on any atom is -0.465 e. The molecule has 0 aliphatic heterocycles. The van der Waals surface area contributed by atoms with Gasteiger partial charge in [0.15, 0.2) is 5.16 Å². The molecule has 1 aromatic carbocycles. The van der Waals surface area contributed by atoms with Crippen LogP contribution in [0.1, 0.15) is 10.4 Å². The molecule has 18 heavy (non-hydrogen) atoms. The Morgan fingerprint density at radius 1 is 1.56 bits per heavy atom. The number of methoxy groups -OCH3 is 1. The smallest absolute Gasteiger partial charge is 0.339 e. The number of rotatable bonds is 3. The van der Waals surface area contributed by atoms with Gasteiger partial charge in [0, 0.05) is 5.69 Å². The van der Waals surface area contributed by atoms with Crippen molar-refractivity contribution in [1.82, 2.24) is 15.2 Å². The summed E-state index contributed by atoms with van der Waals surface area (Å²) in [5.74, 6) is -1.16. The fraction of sp³-hybridized carbons (Fsp3) is 0.100. The van der Waals surface area contributed by atoms with Crippen LogP contribution in [0, 0.1) is 5.82 Å². The number of aromatic amines is 1. The molecule has 8 heteroatoms. The lowest BCUT2D eigenvalue weighted by atomic mass is 10.2. The molecule has 0 atom stereocenters. The molecule has 0 radical (unpaired) electrons. The Labute approximate surface area is 106 Å². The number of halogens is 1. The van der Waals surface area contributed by atoms with Crippen molar-refractivity contribution in [2.45, 2.75) is 10.1 Å². The molecule has 2 rings (SSSR count). The van der Waals surface area contributed by atoms with E-state index in [1.165, 1.54) is 19.5 Å². The van der Waals surface area contributed by atoms with Crippen LogP contribution in [-0.2, 0) is 4.74 Å². The Bertz CT molecular complexity index is 574. The summed E-state index contributed by atoms with van der Waals surface area (Å²) in [4.78, 5) is 15.5. The van der Waals surface area contributed by atoms with E-state index in [4.69, 9.17) is 5.73 Å². The van der Waals surface area contributed by atoms with Crippen LogP contribution in [0.3, 0.4) is 0 Å². The van der Waals surface area contributed by atoms with Crippen LogP contribution in [0.4, 0.5) is 10.1 Å². The van der Waals surface area contributed by atoms with Gasteiger partial charge in [0.1, 0.15) is 12.1 Å². The number of hydrogen-bond donors (Lipinski definition) is 2. The topological polar surface area (TPSA) is 93.9 Å². The fourth-order valence-electron chi connectivity index (χ4n) is 1.28. The van der Waals surface area contributed by atoms with Gasteiger partial charge in [-0.2, -0.15) is 5.10 Å². The van der Waals surface area contributed by atoms with Gasteiger partial charge < -0.3 is 10.5 Å². The van der Waals surface area contributed by atoms with Crippen molar-refractivity contribution in [2.75, 3.05) is 12.8 Å². The Kier molecular flexibility index (Phi) is 3.47. The third-order valence-electron chi connectivity index (χ3n) is 2.11. The number of H-pyrrole nitrogens is 1. The number of aromatic nitrogens is 3. The number of anilines is 1. The van der Waals surface area contributed by atoms with Crippen LogP contribution in [0.2, 0.25) is 0 Å². The lowest BCUT2D eigenvalue weighted by Gasteiger charge is -2.07. The highest BCUT2D eigenvalue weighted by Crippen LogP contribution is 2.30. The number of ether oxygens (including phenoxy) is 1. The van der Waals surface area contributed by atoms with Crippen molar-refractivity contribution in [3.05, 3.63) is 29.8 Å². The van der Waals surface area contributed by atoms with E-state index in [0.29, 0.717) is 5.16 Å². The molecule has 0 unspecified atom stereocenters. The number of nitrogen functional groups attached to an aromatic ring is 1. The molecule has 0 saturated carbocycles. The monoisotopic (exact) mass is 268 g/mol. The standard InChI is InChI=1S/C10H9FN4O2S/c1-17-9(16)5-2-8(6(11)3-7(5)12)18-10-13-4-14-15-10/h2-4H,12H2,1H3,(H,13,14,15). The largest absolute Gasteiger partial charge is 0.465 e. The van der Waals surface area contributed by atoms with E-state index in [1.807, 2.05) is 0 Å². The Hall–Kier alpha value is -2.09. The SMILES string of the molecule is COC(=O)c1cc(Sc2ncn[nH]2)c(F)cc1N. The van der Waals surface area contributed by atoms with E-state index >= 15 is 0 Å². The van der Waals surface area contributed by atoms with Gasteiger partial charge in [-0.25, -0.2) is 14.2 Å². The molecule has 1 aromatic heterocycles. The number of esters is 1. The van der Waals surface area contributed by atoms with Crippen LogP contribution < -0.4 is 5.73 Å². The number of nitrogens with one attached hydrogen (secondary N) is 1. The van der Waals surface area contributed by atoms with Crippen LogP contribution >= 0.6 is 11.8 Å². The zero-order valence-corrected chi connectivity index (χ0v) is 10.1. The molecule has 94 valence electrons. The van der Waals surface area contributed by atoms with Crippen LogP contribution in [0.25, 0.3) is 0 Å². The summed E-state index contributed by atoms with van der Waals surface area (Å²) in [6, 6.07) is 2.40. The van der Waals surface area contributed by atoms with Gasteiger partial charge in [-0.15, -0.1) is 0 Å². The van der Waals surface area contributed by atoms with Crippen molar-refractivity contribution in [1.29, 1.82) is 0 Å². The van der Waals surface area contributed by atoms with Crippen molar-refractivity contribution in [2.24, 2.45) is 0 Å². The molecular weight excluding hydrogens is 259 g/mol. The third-order valence-corrected chi connectivity index (χ3v) is 3.03. The molecule has 0 fully saturated rings. The maximum Gasteiger partial charge on any atom is 0.339 e. The van der Waals surface area contributed by atoms with Crippen molar-refractivity contribution < 1.29 is 13.9 Å². The predicted octanol–water partition coefficient (Wildman–Crippen LogP) is 1.46. The van der Waals surface area contributed by atoms with Gasteiger partial charge in [-0.3, -0.25) is 5.10 Å². The molecule has 1 heterocycles. The van der Waals surface area contributed by atoms with Crippen LogP contribution in [-0.4, -0.2) is 28.3 Å². The average molecular weight is 268 g/mol. The van der Waals surface area contributed by atoms with Gasteiger partial charge in [0.05, 0.1) is 17.6 Å². The second-order valence-corrected chi connectivity index (χ2v) is 4.28. The Morgan fingerprint density at radius 2 is 2.33 bits per heavy atom. The molecule has 0 spiro atoms. The number of nitrogens with two attached hydrogens (primary N) is 1. The molecule has 0 bridgehead atoms. The third kappa shape index (κ3) is 2.43. The zero-order valence-electron chi connectivity index (χ0n) is 9.31. The molecule has 2 aromatic rings. The first-order valence-corrected chi connectivity index (χ1v) is 5.64. The molecular formula is C10H9FN4O2S. The van der Waals surface area contributed by atoms with Gasteiger partial charge in [0.2, 0.25) is 0 Å². The van der Waals surface area contributed by atoms with E-state index in [2.05, 4.69) is 19.9 Å². The van der Waals surface area contributed by atoms with E-state index in [0.717, 1.165) is 17.8 Å². The quantitative estimate of drug-likeness (QED) is 0.646. The fourth-order valence-corrected chi connectivity index (χ4v) is 2.02. The first-order valence-electron chi connectivity index (χ1n) is 4.82. The first-order chi connectivity index (χ1) is 8.61. The van der Waals surface area contributed by atoms with Gasteiger partial charge in [0.25, 0.3) is 0 Å². The number of nitrogens with zero attached hydrogens (tertiary/aromatic N) is 2. The number of hydrogen-bond acceptors (Lipinski definition) is 6. The molecule has 0 saturated heterocycles. The summed E-state index contributed by atoms with van der Waals surface area (Å²) in [6.45, 7) is 0. The number of carbonyl (C=O) groups excluding carboxylic acids is 1. The highest BCUT2D eigenvalue weighted by Gasteiger charge is 2.16. The van der Waals surface area contributed by atoms with Crippen LogP contribution in [0.15, 0.2) is 28.5 Å². The highest BCUT2D eigenvalue weighted by atomic mass is 32.2. The molecule has 3 N–H and O–H groups in total. The van der Waals surface area contributed by atoms with Crippen molar-refractivity contribution in [3.8, 4) is 0 Å². The first kappa shape index (κ1) is 12.4. The normalized spacial score (nSPS) is 10.3. The van der Waals surface area contributed by atoms with Gasteiger partial charge in [-0.1, -0.05) is 0 Å². The summed E-state index contributed by atoms with van der Waals surface area (Å²) in [5, 5.41) is 6.63. The number of benzene rings is 1. The highest BCUT2D eigenvalue weighted by molar-refractivity contribution is 7.99. The van der Waals surface area contributed by atoms with Crippen LogP contribution in [0.5, 0.6) is 0 Å². The summed E-state index contributed by atoms with van der Waals surface area (Å²) in [7, 11) is 1.23. The average Bonchev–Trinajstić information content (AvgIpc) is 2.84. The molecule has 0 aliphatic carbocycles. The van der Waals surface area contributed by atoms with E-state index < -0.39 is 11.8 Å². The second-order valence-electron chi connectivity index (χ2n) is 3.25. The zero-order chi connectivity index (χ0) is 13.1. The van der Waals surface area contributed by atoms with Gasteiger partial charge in [-0.05, 0) is 23.9 Å². The Balaban J connectivity index is 2.38.